The molecule has 1 rings (SSSR count). The summed E-state index contributed by atoms with van der Waals surface area (Å²) in [6.07, 6.45) is 1.06. The van der Waals surface area contributed by atoms with Crippen LogP contribution in [0.4, 0.5) is 0 Å². The van der Waals surface area contributed by atoms with Crippen molar-refractivity contribution in [2.75, 3.05) is 7.11 Å². The molecule has 0 saturated heterocycles. The van der Waals surface area contributed by atoms with Crippen LogP contribution < -0.4 is 4.74 Å². The van der Waals surface area contributed by atoms with Crippen LogP contribution in [-0.4, -0.2) is 20.5 Å². The van der Waals surface area contributed by atoms with Crippen molar-refractivity contribution < 1.29 is 13.2 Å². The van der Waals surface area contributed by atoms with Gasteiger partial charge in [0.1, 0.15) is 4.90 Å². The fourth-order valence-electron chi connectivity index (χ4n) is 0.686. The van der Waals surface area contributed by atoms with Crippen LogP contribution in [0.2, 0.25) is 5.15 Å². The Morgan fingerprint density at radius 3 is 2.62 bits per heavy atom. The second-order valence-corrected chi connectivity index (χ2v) is 5.03. The van der Waals surface area contributed by atoms with E-state index >= 15 is 0 Å². The summed E-state index contributed by atoms with van der Waals surface area (Å²) in [6, 6.07) is 1.21. The molecule has 0 bridgehead atoms. The summed E-state index contributed by atoms with van der Waals surface area (Å²) in [5, 5.41) is 0.0894. The lowest BCUT2D eigenvalue weighted by molar-refractivity contribution is 0.411. The molecule has 0 aliphatic carbocycles. The van der Waals surface area contributed by atoms with Gasteiger partial charge in [0, 0.05) is 22.9 Å². The molecule has 0 saturated carbocycles. The highest BCUT2D eigenvalue weighted by Gasteiger charge is 2.13. The largest absolute Gasteiger partial charge is 0.493 e. The summed E-state index contributed by atoms with van der Waals surface area (Å²) in [7, 11) is 2.65. The van der Waals surface area contributed by atoms with E-state index in [1.54, 1.807) is 0 Å². The first-order valence-electron chi connectivity index (χ1n) is 3.09. The SMILES string of the molecule is COc1cc(S(=O)(=O)Cl)cnc1Cl. The zero-order chi connectivity index (χ0) is 10.1. The van der Waals surface area contributed by atoms with E-state index in [2.05, 4.69) is 4.98 Å². The predicted molar refractivity (Wildman–Crippen MR) is 48.8 cm³/mol. The first-order chi connectivity index (χ1) is 5.95. The maximum absolute atomic E-state index is 10.8. The maximum atomic E-state index is 10.8. The molecular weight excluding hydrogens is 237 g/mol. The average Bonchev–Trinajstić information content (AvgIpc) is 2.03. The number of pyridine rings is 1. The average molecular weight is 242 g/mol. The quantitative estimate of drug-likeness (QED) is 0.584. The number of methoxy groups -OCH3 is 1. The monoisotopic (exact) mass is 241 g/mol. The van der Waals surface area contributed by atoms with E-state index in [-0.39, 0.29) is 15.8 Å². The third kappa shape index (κ3) is 2.46. The molecular formula is C6H5Cl2NO3S. The summed E-state index contributed by atoms with van der Waals surface area (Å²) in [5.41, 5.74) is 0. The van der Waals surface area contributed by atoms with Crippen LogP contribution in [0.3, 0.4) is 0 Å². The van der Waals surface area contributed by atoms with E-state index in [9.17, 15) is 8.42 Å². The van der Waals surface area contributed by atoms with Crippen LogP contribution in [-0.2, 0) is 9.05 Å². The Morgan fingerprint density at radius 2 is 2.15 bits per heavy atom. The molecule has 0 spiro atoms. The van der Waals surface area contributed by atoms with Crippen molar-refractivity contribution in [1.82, 2.24) is 4.98 Å². The van der Waals surface area contributed by atoms with Crippen LogP contribution in [0.25, 0.3) is 0 Å². The number of hydrogen-bond acceptors (Lipinski definition) is 4. The molecule has 0 radical (unpaired) electrons. The Balaban J connectivity index is 3.30. The molecule has 72 valence electrons. The molecule has 0 aliphatic rings. The second kappa shape index (κ2) is 3.69. The van der Waals surface area contributed by atoms with Gasteiger partial charge in [0.15, 0.2) is 10.9 Å². The van der Waals surface area contributed by atoms with Crippen molar-refractivity contribution >= 4 is 31.3 Å². The van der Waals surface area contributed by atoms with Crippen LogP contribution in [0, 0.1) is 0 Å². The second-order valence-electron chi connectivity index (χ2n) is 2.10. The summed E-state index contributed by atoms with van der Waals surface area (Å²) >= 11 is 5.57. The van der Waals surface area contributed by atoms with Gasteiger partial charge in [0.2, 0.25) is 0 Å². The zero-order valence-electron chi connectivity index (χ0n) is 6.49. The number of halogens is 2. The fourth-order valence-corrected chi connectivity index (χ4v) is 1.55. The Kier molecular flexibility index (Phi) is 3.00. The van der Waals surface area contributed by atoms with Crippen LogP contribution >= 0.6 is 22.3 Å². The normalized spacial score (nSPS) is 11.3. The minimum atomic E-state index is -3.78. The van der Waals surface area contributed by atoms with Gasteiger partial charge in [-0.3, -0.25) is 0 Å². The molecule has 0 aliphatic heterocycles. The van der Waals surface area contributed by atoms with Crippen molar-refractivity contribution in [2.24, 2.45) is 0 Å². The summed E-state index contributed by atoms with van der Waals surface area (Å²) < 4.78 is 26.4. The summed E-state index contributed by atoms with van der Waals surface area (Å²) in [4.78, 5) is 3.45. The molecule has 1 aromatic rings. The van der Waals surface area contributed by atoms with E-state index < -0.39 is 9.05 Å². The number of aromatic nitrogens is 1. The van der Waals surface area contributed by atoms with Gasteiger partial charge in [-0.1, -0.05) is 11.6 Å². The van der Waals surface area contributed by atoms with E-state index in [0.29, 0.717) is 0 Å². The molecule has 1 aromatic heterocycles. The highest BCUT2D eigenvalue weighted by Crippen LogP contribution is 2.25. The molecule has 4 nitrogen and oxygen atoms in total. The third-order valence-electron chi connectivity index (χ3n) is 1.28. The van der Waals surface area contributed by atoms with Crippen LogP contribution in [0.5, 0.6) is 5.75 Å². The van der Waals surface area contributed by atoms with Crippen LogP contribution in [0.15, 0.2) is 17.2 Å². The van der Waals surface area contributed by atoms with Crippen molar-refractivity contribution in [3.8, 4) is 5.75 Å². The van der Waals surface area contributed by atoms with E-state index in [0.717, 1.165) is 6.20 Å². The molecule has 7 heteroatoms. The Hall–Kier alpha value is -0.520. The molecule has 0 atom stereocenters. The molecule has 1 heterocycles. The van der Waals surface area contributed by atoms with Gasteiger partial charge < -0.3 is 4.74 Å². The van der Waals surface area contributed by atoms with Crippen molar-refractivity contribution in [1.29, 1.82) is 0 Å². The van der Waals surface area contributed by atoms with Gasteiger partial charge in [-0.25, -0.2) is 13.4 Å². The lowest BCUT2D eigenvalue weighted by atomic mass is 10.5. The molecule has 13 heavy (non-hydrogen) atoms. The highest BCUT2D eigenvalue weighted by molar-refractivity contribution is 8.13. The zero-order valence-corrected chi connectivity index (χ0v) is 8.82. The van der Waals surface area contributed by atoms with E-state index in [1.165, 1.54) is 13.2 Å². The number of nitrogens with zero attached hydrogens (tertiary/aromatic N) is 1. The van der Waals surface area contributed by atoms with Crippen LogP contribution in [0.1, 0.15) is 0 Å². The summed E-state index contributed by atoms with van der Waals surface area (Å²) in [5.74, 6) is 0.170. The van der Waals surface area contributed by atoms with E-state index in [4.69, 9.17) is 27.0 Å². The number of ether oxygens (including phenoxy) is 1. The first-order valence-corrected chi connectivity index (χ1v) is 5.78. The Morgan fingerprint density at radius 1 is 1.54 bits per heavy atom. The lowest BCUT2D eigenvalue weighted by Crippen LogP contribution is -1.94. The van der Waals surface area contributed by atoms with Gasteiger partial charge in [0.05, 0.1) is 7.11 Å². The molecule has 0 N–H and O–H groups in total. The maximum Gasteiger partial charge on any atom is 0.262 e. The molecule has 0 fully saturated rings. The Labute approximate surface area is 84.9 Å². The highest BCUT2D eigenvalue weighted by atomic mass is 35.7. The van der Waals surface area contributed by atoms with Gasteiger partial charge in [-0.2, -0.15) is 0 Å². The van der Waals surface area contributed by atoms with Crippen molar-refractivity contribution in [3.05, 3.63) is 17.4 Å². The fraction of sp³-hybridized carbons (Fsp3) is 0.167. The summed E-state index contributed by atoms with van der Waals surface area (Å²) in [6.45, 7) is 0. The molecule has 0 unspecified atom stereocenters. The topological polar surface area (TPSA) is 56.3 Å². The molecule has 0 aromatic carbocycles. The lowest BCUT2D eigenvalue weighted by Gasteiger charge is -2.02. The van der Waals surface area contributed by atoms with Gasteiger partial charge >= 0.3 is 0 Å². The molecule has 0 amide bonds. The van der Waals surface area contributed by atoms with Gasteiger partial charge in [-0.05, 0) is 0 Å². The third-order valence-corrected chi connectivity index (χ3v) is 2.89. The minimum absolute atomic E-state index is 0.0894. The first kappa shape index (κ1) is 10.6. The minimum Gasteiger partial charge on any atom is -0.493 e. The number of hydrogen-bond donors (Lipinski definition) is 0. The smallest absolute Gasteiger partial charge is 0.262 e. The Bertz CT molecular complexity index is 418. The van der Waals surface area contributed by atoms with Gasteiger partial charge in [-0.15, -0.1) is 0 Å². The van der Waals surface area contributed by atoms with Crippen molar-refractivity contribution in [3.63, 3.8) is 0 Å². The van der Waals surface area contributed by atoms with Gasteiger partial charge in [0.25, 0.3) is 9.05 Å². The van der Waals surface area contributed by atoms with E-state index in [1.807, 2.05) is 0 Å². The number of rotatable bonds is 2. The van der Waals surface area contributed by atoms with Crippen molar-refractivity contribution in [2.45, 2.75) is 4.90 Å². The standard InChI is InChI=1S/C6H5Cl2NO3S/c1-12-5-2-4(13(8,10)11)3-9-6(5)7/h2-3H,1H3. The predicted octanol–water partition coefficient (Wildman–Crippen LogP) is 1.67.